The smallest absolute Gasteiger partial charge is 0.416 e. The number of phenols is 1. The third kappa shape index (κ3) is 6.11. The van der Waals surface area contributed by atoms with Crippen molar-refractivity contribution in [2.75, 3.05) is 39.1 Å². The SMILES string of the molecule is C[N+](C)(C)CCN(c1ccc(C(F)(F)F)cc1)c1ncc(-c2cccc(O)c2)o1.[I-]. The Morgan fingerprint density at radius 2 is 1.73 bits per heavy atom. The van der Waals surface area contributed by atoms with Crippen LogP contribution in [0.15, 0.2) is 59.1 Å². The van der Waals surface area contributed by atoms with Crippen LogP contribution in [0.3, 0.4) is 0 Å². The Bertz CT molecular complexity index is 967. The minimum atomic E-state index is -4.39. The molecule has 0 aliphatic heterocycles. The third-order valence-electron chi connectivity index (χ3n) is 4.36. The highest BCUT2D eigenvalue weighted by Crippen LogP contribution is 2.33. The summed E-state index contributed by atoms with van der Waals surface area (Å²) in [5, 5.41) is 9.67. The van der Waals surface area contributed by atoms with Crippen molar-refractivity contribution in [3.05, 3.63) is 60.3 Å². The van der Waals surface area contributed by atoms with Crippen LogP contribution < -0.4 is 28.9 Å². The average Bonchev–Trinajstić information content (AvgIpc) is 3.10. The van der Waals surface area contributed by atoms with Gasteiger partial charge in [-0.15, -0.1) is 0 Å². The fraction of sp³-hybridized carbons (Fsp3) is 0.286. The maximum atomic E-state index is 12.9. The summed E-state index contributed by atoms with van der Waals surface area (Å²) in [5.41, 5.74) is 0.499. The second-order valence-corrected chi connectivity index (χ2v) is 7.77. The summed E-state index contributed by atoms with van der Waals surface area (Å²) in [6.45, 7) is 1.21. The highest BCUT2D eigenvalue weighted by atomic mass is 127. The van der Waals surface area contributed by atoms with Gasteiger partial charge in [-0.25, -0.2) is 4.98 Å². The molecule has 0 atom stereocenters. The lowest BCUT2D eigenvalue weighted by Gasteiger charge is -2.28. The fourth-order valence-electron chi connectivity index (χ4n) is 2.75. The minimum absolute atomic E-state index is 0. The average molecular weight is 533 g/mol. The number of phenolic OH excluding ortho intramolecular Hbond substituents is 1. The van der Waals surface area contributed by atoms with Crippen molar-refractivity contribution in [1.29, 1.82) is 0 Å². The molecule has 0 bridgehead atoms. The maximum Gasteiger partial charge on any atom is 0.416 e. The van der Waals surface area contributed by atoms with Gasteiger partial charge in [-0.2, -0.15) is 13.2 Å². The van der Waals surface area contributed by atoms with E-state index in [2.05, 4.69) is 4.98 Å². The van der Waals surface area contributed by atoms with Crippen LogP contribution >= 0.6 is 0 Å². The summed E-state index contributed by atoms with van der Waals surface area (Å²) in [5.74, 6) is 0.558. The molecule has 0 aliphatic carbocycles. The number of hydrogen-bond acceptors (Lipinski definition) is 4. The zero-order valence-electron chi connectivity index (χ0n) is 16.8. The number of hydrogen-bond donors (Lipinski definition) is 1. The second-order valence-electron chi connectivity index (χ2n) is 7.77. The number of anilines is 2. The molecule has 0 aliphatic rings. The van der Waals surface area contributed by atoms with Crippen molar-refractivity contribution in [2.24, 2.45) is 0 Å². The quantitative estimate of drug-likeness (QED) is 0.389. The van der Waals surface area contributed by atoms with Gasteiger partial charge in [0.25, 0.3) is 0 Å². The lowest BCUT2D eigenvalue weighted by molar-refractivity contribution is -0.868. The van der Waals surface area contributed by atoms with Crippen LogP contribution in [0.4, 0.5) is 24.9 Å². The number of oxazole rings is 1. The molecule has 2 aromatic carbocycles. The van der Waals surface area contributed by atoms with Gasteiger partial charge in [0.2, 0.25) is 0 Å². The molecule has 9 heteroatoms. The van der Waals surface area contributed by atoms with Gasteiger partial charge in [-0.05, 0) is 36.4 Å². The summed E-state index contributed by atoms with van der Waals surface area (Å²) >= 11 is 0. The molecule has 0 saturated carbocycles. The van der Waals surface area contributed by atoms with Crippen LogP contribution in [0.5, 0.6) is 5.75 Å². The highest BCUT2D eigenvalue weighted by molar-refractivity contribution is 5.62. The minimum Gasteiger partial charge on any atom is -1.00 e. The number of benzene rings is 2. The molecule has 1 N–H and O–H groups in total. The highest BCUT2D eigenvalue weighted by Gasteiger charge is 2.30. The summed E-state index contributed by atoms with van der Waals surface area (Å²) < 4.78 is 45.3. The van der Waals surface area contributed by atoms with E-state index >= 15 is 0 Å². The first-order valence-corrected chi connectivity index (χ1v) is 9.03. The monoisotopic (exact) mass is 533 g/mol. The van der Waals surface area contributed by atoms with Gasteiger partial charge in [-0.3, -0.25) is 4.90 Å². The van der Waals surface area contributed by atoms with Crippen molar-refractivity contribution >= 4 is 11.7 Å². The Kier molecular flexibility index (Phi) is 7.40. The largest absolute Gasteiger partial charge is 1.00 e. The number of aromatic hydroxyl groups is 1. The van der Waals surface area contributed by atoms with Crippen LogP contribution in [0.25, 0.3) is 11.3 Å². The second kappa shape index (κ2) is 9.25. The summed E-state index contributed by atoms with van der Waals surface area (Å²) in [6.07, 6.45) is -2.86. The van der Waals surface area contributed by atoms with Crippen LogP contribution in [0.1, 0.15) is 5.56 Å². The van der Waals surface area contributed by atoms with Gasteiger partial charge in [0.05, 0.1) is 46.0 Å². The van der Waals surface area contributed by atoms with Crippen molar-refractivity contribution in [2.45, 2.75) is 6.18 Å². The first kappa shape index (κ1) is 24.0. The van der Waals surface area contributed by atoms with E-state index in [0.717, 1.165) is 12.1 Å². The predicted molar refractivity (Wildman–Crippen MR) is 105 cm³/mol. The van der Waals surface area contributed by atoms with E-state index in [1.54, 1.807) is 29.2 Å². The topological polar surface area (TPSA) is 49.5 Å². The Morgan fingerprint density at radius 3 is 2.30 bits per heavy atom. The Labute approximate surface area is 190 Å². The van der Waals surface area contributed by atoms with E-state index in [1.807, 2.05) is 21.1 Å². The number of quaternary nitrogens is 1. The van der Waals surface area contributed by atoms with E-state index in [9.17, 15) is 18.3 Å². The first-order valence-electron chi connectivity index (χ1n) is 9.03. The fourth-order valence-corrected chi connectivity index (χ4v) is 2.75. The van der Waals surface area contributed by atoms with E-state index in [0.29, 0.717) is 34.6 Å². The normalized spacial score (nSPS) is 11.8. The zero-order chi connectivity index (χ0) is 21.2. The number of rotatable bonds is 6. The summed E-state index contributed by atoms with van der Waals surface area (Å²) in [4.78, 5) is 6.07. The molecule has 1 heterocycles. The number of nitrogens with zero attached hydrogens (tertiary/aromatic N) is 3. The van der Waals surface area contributed by atoms with Crippen molar-refractivity contribution in [3.8, 4) is 17.1 Å². The third-order valence-corrected chi connectivity index (χ3v) is 4.36. The number of aromatic nitrogens is 1. The molecule has 0 fully saturated rings. The lowest BCUT2D eigenvalue weighted by Crippen LogP contribution is -3.00. The number of halogens is 4. The Hall–Kier alpha value is -2.27. The Balaban J connectivity index is 0.00000320. The molecular weight excluding hydrogens is 510 g/mol. The molecule has 5 nitrogen and oxygen atoms in total. The molecule has 30 heavy (non-hydrogen) atoms. The molecular formula is C21H23F3IN3O2. The molecule has 1 aromatic heterocycles. The van der Waals surface area contributed by atoms with Gasteiger partial charge in [0.1, 0.15) is 5.75 Å². The van der Waals surface area contributed by atoms with Crippen LogP contribution in [-0.4, -0.2) is 48.8 Å². The molecule has 0 radical (unpaired) electrons. The van der Waals surface area contributed by atoms with Gasteiger partial charge >= 0.3 is 12.2 Å². The Morgan fingerprint density at radius 1 is 1.07 bits per heavy atom. The van der Waals surface area contributed by atoms with E-state index in [-0.39, 0.29) is 35.7 Å². The zero-order valence-corrected chi connectivity index (χ0v) is 19.0. The molecule has 0 amide bonds. The van der Waals surface area contributed by atoms with Crippen LogP contribution in [0, 0.1) is 0 Å². The van der Waals surface area contributed by atoms with E-state index in [1.165, 1.54) is 18.3 Å². The molecule has 0 unspecified atom stereocenters. The lowest BCUT2D eigenvalue weighted by atomic mass is 10.2. The summed E-state index contributed by atoms with van der Waals surface area (Å²) in [7, 11) is 6.08. The molecule has 0 spiro atoms. The maximum absolute atomic E-state index is 12.9. The van der Waals surface area contributed by atoms with Crippen LogP contribution in [-0.2, 0) is 6.18 Å². The van der Waals surface area contributed by atoms with Gasteiger partial charge in [-0.1, -0.05) is 12.1 Å². The van der Waals surface area contributed by atoms with Crippen LogP contribution in [0.2, 0.25) is 0 Å². The summed E-state index contributed by atoms with van der Waals surface area (Å²) in [6, 6.07) is 11.8. The number of alkyl halides is 3. The molecule has 162 valence electrons. The number of likely N-dealkylation sites (N-methyl/N-ethyl adjacent to an activating group) is 1. The van der Waals surface area contributed by atoms with E-state index in [4.69, 9.17) is 4.42 Å². The van der Waals surface area contributed by atoms with Crippen molar-refractivity contribution in [1.82, 2.24) is 4.98 Å². The molecule has 0 saturated heterocycles. The first-order chi connectivity index (χ1) is 13.5. The molecule has 3 aromatic rings. The van der Waals surface area contributed by atoms with Gasteiger partial charge < -0.3 is 38.0 Å². The van der Waals surface area contributed by atoms with E-state index < -0.39 is 11.7 Å². The van der Waals surface area contributed by atoms with Crippen molar-refractivity contribution < 1.29 is 51.2 Å². The molecule has 3 rings (SSSR count). The predicted octanol–water partition coefficient (Wildman–Crippen LogP) is 1.91. The van der Waals surface area contributed by atoms with Crippen molar-refractivity contribution in [3.63, 3.8) is 0 Å². The van der Waals surface area contributed by atoms with Gasteiger partial charge in [0.15, 0.2) is 5.76 Å². The van der Waals surface area contributed by atoms with Gasteiger partial charge in [0, 0.05) is 11.3 Å². The standard InChI is InChI=1S/C21H22F3N3O2.HI/c1-27(2,3)12-11-26(17-9-7-16(8-10-17)21(22,23)24)20-25-14-19(29-20)15-5-4-6-18(28)13-15;/h4-10,13-14H,11-12H2,1-3H3;1H.